The topological polar surface area (TPSA) is 17.1 Å². The first-order chi connectivity index (χ1) is 8.91. The second kappa shape index (κ2) is 5.46. The molecule has 19 heavy (non-hydrogen) atoms. The summed E-state index contributed by atoms with van der Waals surface area (Å²) in [7, 11) is 0. The Labute approximate surface area is 123 Å². The summed E-state index contributed by atoms with van der Waals surface area (Å²) in [5.41, 5.74) is -0.840. The third-order valence-corrected chi connectivity index (χ3v) is 3.71. The summed E-state index contributed by atoms with van der Waals surface area (Å²) in [5, 5.41) is 0. The summed E-state index contributed by atoms with van der Waals surface area (Å²) in [6, 6.07) is 5.64. The highest BCUT2D eigenvalue weighted by Gasteiger charge is 2.21. The number of halogens is 5. The van der Waals surface area contributed by atoms with Gasteiger partial charge in [0.2, 0.25) is 0 Å². The molecule has 0 N–H and O–H groups in total. The lowest BCUT2D eigenvalue weighted by Gasteiger charge is -2.06. The van der Waals surface area contributed by atoms with Crippen LogP contribution in [-0.2, 0) is 0 Å². The maximum atomic E-state index is 13.8. The minimum atomic E-state index is -1.01. The van der Waals surface area contributed by atoms with Crippen molar-refractivity contribution in [2.24, 2.45) is 0 Å². The molecular formula is C13H5Br2F3O. The van der Waals surface area contributed by atoms with E-state index in [4.69, 9.17) is 0 Å². The fourth-order valence-electron chi connectivity index (χ4n) is 1.52. The molecule has 6 heteroatoms. The fraction of sp³-hybridized carbons (Fsp3) is 0. The van der Waals surface area contributed by atoms with Crippen LogP contribution in [0, 0.1) is 17.5 Å². The predicted molar refractivity (Wildman–Crippen MR) is 71.6 cm³/mol. The third kappa shape index (κ3) is 2.74. The van der Waals surface area contributed by atoms with Crippen LogP contribution in [0.2, 0.25) is 0 Å². The van der Waals surface area contributed by atoms with Crippen molar-refractivity contribution < 1.29 is 18.0 Å². The second-order valence-corrected chi connectivity index (χ2v) is 5.38. The molecule has 0 spiro atoms. The molecule has 0 fully saturated rings. The molecule has 2 aromatic carbocycles. The first-order valence-corrected chi connectivity index (χ1v) is 6.63. The van der Waals surface area contributed by atoms with Crippen LogP contribution >= 0.6 is 31.9 Å². The Morgan fingerprint density at radius 1 is 0.895 bits per heavy atom. The summed E-state index contributed by atoms with van der Waals surface area (Å²) in [4.78, 5) is 12.0. The SMILES string of the molecule is O=C(c1ccc(Br)c(F)c1)c1c(F)ccc(Br)c1F. The average molecular weight is 394 g/mol. The van der Waals surface area contributed by atoms with Gasteiger partial charge in [0.05, 0.1) is 14.5 Å². The van der Waals surface area contributed by atoms with Crippen molar-refractivity contribution in [1.82, 2.24) is 0 Å². The highest BCUT2D eigenvalue weighted by atomic mass is 79.9. The first-order valence-electron chi connectivity index (χ1n) is 5.05. The van der Waals surface area contributed by atoms with Gasteiger partial charge in [0, 0.05) is 5.56 Å². The van der Waals surface area contributed by atoms with Crippen molar-refractivity contribution in [1.29, 1.82) is 0 Å². The fourth-order valence-corrected chi connectivity index (χ4v) is 2.09. The van der Waals surface area contributed by atoms with Crippen LogP contribution in [0.15, 0.2) is 39.3 Å². The van der Waals surface area contributed by atoms with Gasteiger partial charge in [-0.25, -0.2) is 13.2 Å². The molecule has 0 aliphatic rings. The van der Waals surface area contributed by atoms with E-state index in [1.165, 1.54) is 12.1 Å². The van der Waals surface area contributed by atoms with Crippen molar-refractivity contribution in [2.45, 2.75) is 0 Å². The summed E-state index contributed by atoms with van der Waals surface area (Å²) < 4.78 is 40.8. The Balaban J connectivity index is 2.56. The Morgan fingerprint density at radius 3 is 2.16 bits per heavy atom. The van der Waals surface area contributed by atoms with E-state index in [0.717, 1.165) is 18.2 Å². The second-order valence-electron chi connectivity index (χ2n) is 3.68. The lowest BCUT2D eigenvalue weighted by atomic mass is 10.0. The summed E-state index contributed by atoms with van der Waals surface area (Å²) >= 11 is 5.81. The summed E-state index contributed by atoms with van der Waals surface area (Å²) in [5.74, 6) is -3.59. The van der Waals surface area contributed by atoms with Crippen molar-refractivity contribution in [2.75, 3.05) is 0 Å². The Bertz CT molecular complexity index is 671. The van der Waals surface area contributed by atoms with Gasteiger partial charge in [-0.15, -0.1) is 0 Å². The molecule has 0 amide bonds. The molecule has 0 saturated heterocycles. The normalized spacial score (nSPS) is 10.6. The van der Waals surface area contributed by atoms with Gasteiger partial charge in [-0.1, -0.05) is 0 Å². The minimum Gasteiger partial charge on any atom is -0.288 e. The molecule has 2 aromatic rings. The molecule has 0 atom stereocenters. The van der Waals surface area contributed by atoms with E-state index in [9.17, 15) is 18.0 Å². The van der Waals surface area contributed by atoms with E-state index in [2.05, 4.69) is 31.9 Å². The lowest BCUT2D eigenvalue weighted by molar-refractivity contribution is 0.103. The zero-order chi connectivity index (χ0) is 14.2. The largest absolute Gasteiger partial charge is 0.288 e. The maximum absolute atomic E-state index is 13.8. The number of carbonyl (C=O) groups excluding carboxylic acids is 1. The molecular weight excluding hydrogens is 389 g/mol. The molecule has 0 aromatic heterocycles. The van der Waals surface area contributed by atoms with Gasteiger partial charge in [-0.3, -0.25) is 4.79 Å². The zero-order valence-corrected chi connectivity index (χ0v) is 12.4. The summed E-state index contributed by atoms with van der Waals surface area (Å²) in [6.07, 6.45) is 0. The van der Waals surface area contributed by atoms with Crippen LogP contribution in [0.4, 0.5) is 13.2 Å². The van der Waals surface area contributed by atoms with Gasteiger partial charge >= 0.3 is 0 Å². The molecule has 0 aliphatic heterocycles. The van der Waals surface area contributed by atoms with Crippen LogP contribution in [0.3, 0.4) is 0 Å². The molecule has 0 aliphatic carbocycles. The van der Waals surface area contributed by atoms with Gasteiger partial charge in [0.1, 0.15) is 11.6 Å². The quantitative estimate of drug-likeness (QED) is 0.526. The number of hydrogen-bond donors (Lipinski definition) is 0. The zero-order valence-electron chi connectivity index (χ0n) is 9.18. The van der Waals surface area contributed by atoms with Crippen molar-refractivity contribution in [3.63, 3.8) is 0 Å². The third-order valence-electron chi connectivity index (χ3n) is 2.45. The number of ketones is 1. The molecule has 1 nitrogen and oxygen atoms in total. The smallest absolute Gasteiger partial charge is 0.199 e. The van der Waals surface area contributed by atoms with E-state index in [1.54, 1.807) is 0 Å². The summed E-state index contributed by atoms with van der Waals surface area (Å²) in [6.45, 7) is 0. The van der Waals surface area contributed by atoms with Gasteiger partial charge in [0.15, 0.2) is 11.6 Å². The molecule has 0 heterocycles. The van der Waals surface area contributed by atoms with Crippen molar-refractivity contribution in [3.05, 3.63) is 67.9 Å². The van der Waals surface area contributed by atoms with Gasteiger partial charge in [-0.2, -0.15) is 0 Å². The molecule has 0 radical (unpaired) electrons. The molecule has 0 unspecified atom stereocenters. The van der Waals surface area contributed by atoms with Crippen LogP contribution in [-0.4, -0.2) is 5.78 Å². The molecule has 2 rings (SSSR count). The number of carbonyl (C=O) groups is 1. The monoisotopic (exact) mass is 392 g/mol. The van der Waals surface area contributed by atoms with E-state index in [0.29, 0.717) is 0 Å². The Hall–Kier alpha value is -1.14. The van der Waals surface area contributed by atoms with Crippen LogP contribution in [0.1, 0.15) is 15.9 Å². The van der Waals surface area contributed by atoms with Gasteiger partial charge in [-0.05, 0) is 62.2 Å². The Kier molecular flexibility index (Phi) is 4.10. The van der Waals surface area contributed by atoms with E-state index in [-0.39, 0.29) is 14.5 Å². The van der Waals surface area contributed by atoms with E-state index >= 15 is 0 Å². The van der Waals surface area contributed by atoms with E-state index < -0.39 is 28.8 Å². The molecule has 98 valence electrons. The maximum Gasteiger partial charge on any atom is 0.199 e. The minimum absolute atomic E-state index is 0.0326. The number of benzene rings is 2. The van der Waals surface area contributed by atoms with Gasteiger partial charge in [0.25, 0.3) is 0 Å². The number of rotatable bonds is 2. The van der Waals surface area contributed by atoms with Gasteiger partial charge < -0.3 is 0 Å². The van der Waals surface area contributed by atoms with Crippen LogP contribution < -0.4 is 0 Å². The highest BCUT2D eigenvalue weighted by Crippen LogP contribution is 2.25. The number of hydrogen-bond acceptors (Lipinski definition) is 1. The average Bonchev–Trinajstić information content (AvgIpc) is 2.37. The standard InChI is InChI=1S/C13H5Br2F3O/c14-7-2-1-6(5-10(7)17)13(19)11-9(16)4-3-8(15)12(11)18/h1-5H. The van der Waals surface area contributed by atoms with Crippen molar-refractivity contribution >= 4 is 37.6 Å². The molecule has 0 saturated carbocycles. The van der Waals surface area contributed by atoms with Crippen LogP contribution in [0.25, 0.3) is 0 Å². The molecule has 0 bridgehead atoms. The lowest BCUT2D eigenvalue weighted by Crippen LogP contribution is -2.08. The Morgan fingerprint density at radius 2 is 1.53 bits per heavy atom. The highest BCUT2D eigenvalue weighted by molar-refractivity contribution is 9.10. The first kappa shape index (κ1) is 14.3. The van der Waals surface area contributed by atoms with E-state index in [1.807, 2.05) is 0 Å². The van der Waals surface area contributed by atoms with Crippen LogP contribution in [0.5, 0.6) is 0 Å². The predicted octanol–water partition coefficient (Wildman–Crippen LogP) is 4.86. The van der Waals surface area contributed by atoms with Crippen molar-refractivity contribution in [3.8, 4) is 0 Å².